The highest BCUT2D eigenvalue weighted by Crippen LogP contribution is 2.40. The van der Waals surface area contributed by atoms with Crippen molar-refractivity contribution in [3.8, 4) is 0 Å². The van der Waals surface area contributed by atoms with Crippen LogP contribution in [0.5, 0.6) is 0 Å². The molecule has 0 aromatic heterocycles. The molecule has 0 aromatic rings. The summed E-state index contributed by atoms with van der Waals surface area (Å²) in [5.74, 6) is 0. The van der Waals surface area contributed by atoms with Gasteiger partial charge in [0.25, 0.3) is 0 Å². The minimum absolute atomic E-state index is 0.238. The highest BCUT2D eigenvalue weighted by atomic mass is 28.4. The van der Waals surface area contributed by atoms with Gasteiger partial charge in [-0.2, -0.15) is 0 Å². The first kappa shape index (κ1) is 23.9. The molecule has 26 heavy (non-hydrogen) atoms. The van der Waals surface area contributed by atoms with E-state index < -0.39 is 8.32 Å². The Morgan fingerprint density at radius 3 is 2.04 bits per heavy atom. The van der Waals surface area contributed by atoms with Gasteiger partial charge < -0.3 is 13.7 Å². The second-order valence-corrected chi connectivity index (χ2v) is 13.8. The quantitative estimate of drug-likeness (QED) is 0.300. The van der Waals surface area contributed by atoms with Crippen molar-refractivity contribution in [2.24, 2.45) is 0 Å². The Kier molecular flexibility index (Phi) is 9.12. The molecule has 1 aliphatic heterocycles. The zero-order valence-electron chi connectivity index (χ0n) is 18.9. The standard InChI is InChI=1S/C21H43BO3Si/c1-10-11-12-13-14-15-16-19(17-26(8,9)23-18(2)3)22-24-20(4,5)21(6,7)25-22/h16,18H,10-15,17H2,1-9H3/b19-16+. The topological polar surface area (TPSA) is 27.7 Å². The minimum atomic E-state index is -1.80. The summed E-state index contributed by atoms with van der Waals surface area (Å²) >= 11 is 0. The van der Waals surface area contributed by atoms with E-state index in [0.717, 1.165) is 12.5 Å². The fraction of sp³-hybridized carbons (Fsp3) is 0.905. The smallest absolute Gasteiger partial charge is 0.415 e. The third-order valence-corrected chi connectivity index (χ3v) is 7.82. The maximum atomic E-state index is 6.35. The first-order valence-electron chi connectivity index (χ1n) is 10.6. The summed E-state index contributed by atoms with van der Waals surface area (Å²) in [5.41, 5.74) is 0.710. The molecule has 0 aromatic carbocycles. The van der Waals surface area contributed by atoms with Crippen LogP contribution in [0, 0.1) is 0 Å². The number of unbranched alkanes of at least 4 members (excludes halogenated alkanes) is 5. The Balaban J connectivity index is 2.82. The molecule has 1 aliphatic rings. The van der Waals surface area contributed by atoms with E-state index in [-0.39, 0.29) is 24.4 Å². The van der Waals surface area contributed by atoms with E-state index in [1.54, 1.807) is 0 Å². The summed E-state index contributed by atoms with van der Waals surface area (Å²) < 4.78 is 19.0. The predicted octanol–water partition coefficient (Wildman–Crippen LogP) is 6.53. The molecule has 0 unspecified atom stereocenters. The predicted molar refractivity (Wildman–Crippen MR) is 116 cm³/mol. The summed E-state index contributed by atoms with van der Waals surface area (Å²) in [6.45, 7) is 19.6. The van der Waals surface area contributed by atoms with E-state index in [4.69, 9.17) is 13.7 Å². The SMILES string of the molecule is CCCCCCC/C=C(\C[Si](C)(C)OC(C)C)B1OC(C)(C)C(C)(C)O1. The van der Waals surface area contributed by atoms with E-state index in [0.29, 0.717) is 0 Å². The molecule has 0 radical (unpaired) electrons. The van der Waals surface area contributed by atoms with Gasteiger partial charge >= 0.3 is 7.12 Å². The van der Waals surface area contributed by atoms with Gasteiger partial charge in [0.2, 0.25) is 0 Å². The van der Waals surface area contributed by atoms with Crippen molar-refractivity contribution in [2.75, 3.05) is 0 Å². The number of rotatable bonds is 11. The van der Waals surface area contributed by atoms with Crippen LogP contribution < -0.4 is 0 Å². The largest absolute Gasteiger partial charge is 0.490 e. The van der Waals surface area contributed by atoms with Crippen LogP contribution in [0.3, 0.4) is 0 Å². The second kappa shape index (κ2) is 9.90. The highest BCUT2D eigenvalue weighted by molar-refractivity contribution is 6.74. The van der Waals surface area contributed by atoms with Crippen molar-refractivity contribution >= 4 is 15.4 Å². The third-order valence-electron chi connectivity index (χ3n) is 5.45. The summed E-state index contributed by atoms with van der Waals surface area (Å²) in [5, 5.41) is 0. The van der Waals surface area contributed by atoms with Gasteiger partial charge in [0.1, 0.15) is 0 Å². The van der Waals surface area contributed by atoms with Crippen LogP contribution in [-0.2, 0) is 13.7 Å². The van der Waals surface area contributed by atoms with E-state index in [1.165, 1.54) is 37.6 Å². The maximum absolute atomic E-state index is 6.35. The average molecular weight is 382 g/mol. The molecule has 0 saturated carbocycles. The molecule has 0 aliphatic carbocycles. The second-order valence-electron chi connectivity index (χ2n) is 9.67. The molecule has 152 valence electrons. The molecule has 0 amide bonds. The fourth-order valence-electron chi connectivity index (χ4n) is 3.45. The fourth-order valence-corrected chi connectivity index (χ4v) is 6.11. The lowest BCUT2D eigenvalue weighted by Crippen LogP contribution is -2.41. The van der Waals surface area contributed by atoms with Crippen LogP contribution in [-0.4, -0.2) is 32.7 Å². The molecule has 1 rings (SSSR count). The van der Waals surface area contributed by atoms with Crippen molar-refractivity contribution in [1.29, 1.82) is 0 Å². The maximum Gasteiger partial charge on any atom is 0.490 e. The molecule has 3 nitrogen and oxygen atoms in total. The van der Waals surface area contributed by atoms with Gasteiger partial charge in [0.05, 0.1) is 11.2 Å². The van der Waals surface area contributed by atoms with Crippen molar-refractivity contribution in [2.45, 2.75) is 123 Å². The van der Waals surface area contributed by atoms with Crippen LogP contribution in [0.25, 0.3) is 0 Å². The molecule has 0 bridgehead atoms. The molecule has 5 heteroatoms. The molecular weight excluding hydrogens is 339 g/mol. The lowest BCUT2D eigenvalue weighted by molar-refractivity contribution is 0.00578. The Morgan fingerprint density at radius 2 is 1.54 bits per heavy atom. The van der Waals surface area contributed by atoms with Crippen LogP contribution in [0.1, 0.15) is 87.0 Å². The molecule has 1 heterocycles. The molecule has 1 saturated heterocycles. The van der Waals surface area contributed by atoms with Gasteiger partial charge in [-0.05, 0) is 79.0 Å². The van der Waals surface area contributed by atoms with E-state index in [1.807, 2.05) is 0 Å². The van der Waals surface area contributed by atoms with Gasteiger partial charge in [0, 0.05) is 6.10 Å². The van der Waals surface area contributed by atoms with E-state index in [2.05, 4.69) is 67.6 Å². The van der Waals surface area contributed by atoms with Crippen molar-refractivity contribution in [1.82, 2.24) is 0 Å². The van der Waals surface area contributed by atoms with Crippen LogP contribution >= 0.6 is 0 Å². The van der Waals surface area contributed by atoms with Crippen LogP contribution in [0.2, 0.25) is 19.1 Å². The van der Waals surface area contributed by atoms with Gasteiger partial charge in [-0.15, -0.1) is 0 Å². The highest BCUT2D eigenvalue weighted by Gasteiger charge is 2.52. The number of hydrogen-bond acceptors (Lipinski definition) is 3. The van der Waals surface area contributed by atoms with Gasteiger partial charge in [-0.1, -0.05) is 38.7 Å². The first-order chi connectivity index (χ1) is 11.9. The Labute approximate surface area is 164 Å². The molecule has 0 spiro atoms. The van der Waals surface area contributed by atoms with Gasteiger partial charge in [0.15, 0.2) is 8.32 Å². The van der Waals surface area contributed by atoms with Crippen LogP contribution in [0.4, 0.5) is 0 Å². The summed E-state index contributed by atoms with van der Waals surface area (Å²) in [4.78, 5) is 0. The summed E-state index contributed by atoms with van der Waals surface area (Å²) in [6.07, 6.45) is 10.3. The van der Waals surface area contributed by atoms with E-state index in [9.17, 15) is 0 Å². The lowest BCUT2D eigenvalue weighted by Gasteiger charge is -2.32. The third kappa shape index (κ3) is 7.49. The number of hydrogen-bond donors (Lipinski definition) is 0. The Hall–Kier alpha value is -0.0982. The lowest BCUT2D eigenvalue weighted by atomic mass is 9.78. The Bertz CT molecular complexity index is 442. The number of allylic oxidation sites excluding steroid dienone is 2. The normalized spacial score (nSPS) is 20.2. The van der Waals surface area contributed by atoms with Crippen LogP contribution in [0.15, 0.2) is 11.5 Å². The van der Waals surface area contributed by atoms with Crippen molar-refractivity contribution < 1.29 is 13.7 Å². The molecule has 0 atom stereocenters. The van der Waals surface area contributed by atoms with Gasteiger partial charge in [-0.3, -0.25) is 0 Å². The summed E-state index contributed by atoms with van der Waals surface area (Å²) in [7, 11) is -2.04. The first-order valence-corrected chi connectivity index (χ1v) is 13.7. The molecule has 0 N–H and O–H groups in total. The monoisotopic (exact) mass is 382 g/mol. The van der Waals surface area contributed by atoms with E-state index >= 15 is 0 Å². The average Bonchev–Trinajstić information content (AvgIpc) is 2.68. The summed E-state index contributed by atoms with van der Waals surface area (Å²) in [6, 6.07) is 0.969. The van der Waals surface area contributed by atoms with Crippen molar-refractivity contribution in [3.05, 3.63) is 11.5 Å². The Morgan fingerprint density at radius 1 is 1.00 bits per heavy atom. The molecule has 1 fully saturated rings. The molecular formula is C21H43BO3Si. The van der Waals surface area contributed by atoms with Gasteiger partial charge in [-0.25, -0.2) is 0 Å². The zero-order valence-corrected chi connectivity index (χ0v) is 19.9. The zero-order chi connectivity index (χ0) is 20.0. The van der Waals surface area contributed by atoms with Crippen molar-refractivity contribution in [3.63, 3.8) is 0 Å². The minimum Gasteiger partial charge on any atom is -0.415 e.